The summed E-state index contributed by atoms with van der Waals surface area (Å²) >= 11 is 0. The second kappa shape index (κ2) is 5.65. The Morgan fingerprint density at radius 3 is 2.72 bits per heavy atom. The summed E-state index contributed by atoms with van der Waals surface area (Å²) in [6.07, 6.45) is 2.57. The molecule has 18 heavy (non-hydrogen) atoms. The minimum atomic E-state index is 0.259. The van der Waals surface area contributed by atoms with Gasteiger partial charge >= 0.3 is 0 Å². The minimum Gasteiger partial charge on any atom is -0.376 e. The minimum absolute atomic E-state index is 0.259. The zero-order valence-electron chi connectivity index (χ0n) is 11.7. The van der Waals surface area contributed by atoms with Crippen LogP contribution >= 0.6 is 0 Å². The van der Waals surface area contributed by atoms with E-state index in [0.29, 0.717) is 5.92 Å². The number of hydrogen-bond acceptors (Lipinski definition) is 4. The van der Waals surface area contributed by atoms with Crippen LogP contribution < -0.4 is 5.32 Å². The first-order valence-corrected chi connectivity index (χ1v) is 6.80. The van der Waals surface area contributed by atoms with Crippen molar-refractivity contribution >= 4 is 5.95 Å². The molecule has 1 aliphatic rings. The van der Waals surface area contributed by atoms with Crippen molar-refractivity contribution in [3.8, 4) is 0 Å². The van der Waals surface area contributed by atoms with Gasteiger partial charge in [-0.15, -0.1) is 0 Å². The molecule has 0 aromatic carbocycles. The molecule has 1 aromatic heterocycles. The quantitative estimate of drug-likeness (QED) is 0.891. The summed E-state index contributed by atoms with van der Waals surface area (Å²) in [5, 5.41) is 3.37. The van der Waals surface area contributed by atoms with Crippen LogP contribution in [0.3, 0.4) is 0 Å². The Morgan fingerprint density at radius 2 is 2.11 bits per heavy atom. The van der Waals surface area contributed by atoms with Crippen molar-refractivity contribution in [1.82, 2.24) is 9.97 Å². The molecule has 1 fully saturated rings. The van der Waals surface area contributed by atoms with Crippen molar-refractivity contribution in [1.29, 1.82) is 0 Å². The molecule has 1 N–H and O–H groups in total. The Bertz CT molecular complexity index is 400. The summed E-state index contributed by atoms with van der Waals surface area (Å²) in [5.74, 6) is 1.15. The maximum atomic E-state index is 5.68. The normalized spacial score (nSPS) is 21.3. The molecule has 1 saturated heterocycles. The fourth-order valence-electron chi connectivity index (χ4n) is 2.25. The van der Waals surface area contributed by atoms with Crippen LogP contribution in [0, 0.1) is 6.92 Å². The summed E-state index contributed by atoms with van der Waals surface area (Å²) in [6.45, 7) is 9.32. The second-order valence-corrected chi connectivity index (χ2v) is 5.40. The average molecular weight is 249 g/mol. The molecule has 0 aliphatic carbocycles. The average Bonchev–Trinajstić information content (AvgIpc) is 2.81. The van der Waals surface area contributed by atoms with Gasteiger partial charge in [0.15, 0.2) is 0 Å². The van der Waals surface area contributed by atoms with E-state index < -0.39 is 0 Å². The van der Waals surface area contributed by atoms with E-state index in [1.165, 1.54) is 0 Å². The van der Waals surface area contributed by atoms with E-state index in [-0.39, 0.29) is 12.1 Å². The van der Waals surface area contributed by atoms with Gasteiger partial charge in [0, 0.05) is 18.0 Å². The van der Waals surface area contributed by atoms with Crippen molar-refractivity contribution in [2.75, 3.05) is 11.9 Å². The lowest BCUT2D eigenvalue weighted by Gasteiger charge is -2.20. The molecule has 2 heterocycles. The van der Waals surface area contributed by atoms with E-state index in [4.69, 9.17) is 4.74 Å². The first kappa shape index (κ1) is 13.3. The number of hydrogen-bond donors (Lipinski definition) is 1. The largest absolute Gasteiger partial charge is 0.376 e. The highest BCUT2D eigenvalue weighted by Gasteiger charge is 2.23. The smallest absolute Gasteiger partial charge is 0.223 e. The van der Waals surface area contributed by atoms with E-state index in [1.54, 1.807) is 0 Å². The second-order valence-electron chi connectivity index (χ2n) is 5.40. The van der Waals surface area contributed by atoms with Crippen LogP contribution in [0.25, 0.3) is 0 Å². The van der Waals surface area contributed by atoms with Gasteiger partial charge in [-0.25, -0.2) is 9.97 Å². The highest BCUT2D eigenvalue weighted by atomic mass is 16.5. The zero-order chi connectivity index (χ0) is 13.1. The molecule has 1 aromatic rings. The van der Waals surface area contributed by atoms with E-state index in [0.717, 1.165) is 36.8 Å². The van der Waals surface area contributed by atoms with Crippen molar-refractivity contribution in [2.24, 2.45) is 0 Å². The van der Waals surface area contributed by atoms with Gasteiger partial charge in [-0.3, -0.25) is 0 Å². The fraction of sp³-hybridized carbons (Fsp3) is 0.714. The van der Waals surface area contributed by atoms with Gasteiger partial charge in [0.1, 0.15) is 0 Å². The lowest BCUT2D eigenvalue weighted by atomic mass is 10.1. The molecule has 0 amide bonds. The summed E-state index contributed by atoms with van der Waals surface area (Å²) in [4.78, 5) is 9.02. The van der Waals surface area contributed by atoms with Crippen LogP contribution in [0.2, 0.25) is 0 Å². The van der Waals surface area contributed by atoms with Crippen molar-refractivity contribution in [2.45, 2.75) is 58.6 Å². The predicted octanol–water partition coefficient (Wildman–Crippen LogP) is 2.89. The standard InChI is InChI=1S/C14H23N3O/c1-9(2)12-8-10(3)15-14(17-12)16-11(4)13-6-5-7-18-13/h8-9,11,13H,5-7H2,1-4H3,(H,15,16,17). The van der Waals surface area contributed by atoms with Crippen LogP contribution in [-0.4, -0.2) is 28.7 Å². The molecule has 0 bridgehead atoms. The molecule has 4 heteroatoms. The lowest BCUT2D eigenvalue weighted by molar-refractivity contribution is 0.0994. The molecule has 4 nitrogen and oxygen atoms in total. The number of aromatic nitrogens is 2. The number of ether oxygens (including phenoxy) is 1. The molecular formula is C14H23N3O. The summed E-state index contributed by atoms with van der Waals surface area (Å²) < 4.78 is 5.68. The molecule has 0 saturated carbocycles. The highest BCUT2D eigenvalue weighted by Crippen LogP contribution is 2.19. The summed E-state index contributed by atoms with van der Waals surface area (Å²) in [5.41, 5.74) is 2.10. The molecule has 0 spiro atoms. The Morgan fingerprint density at radius 1 is 1.33 bits per heavy atom. The first-order chi connectivity index (χ1) is 8.56. The van der Waals surface area contributed by atoms with Crippen molar-refractivity contribution in [3.63, 3.8) is 0 Å². The van der Waals surface area contributed by atoms with E-state index >= 15 is 0 Å². The SMILES string of the molecule is Cc1cc(C(C)C)nc(NC(C)C2CCCO2)n1. The van der Waals surface area contributed by atoms with E-state index in [2.05, 4.69) is 36.1 Å². The van der Waals surface area contributed by atoms with Gasteiger partial charge in [0.05, 0.1) is 12.1 Å². The van der Waals surface area contributed by atoms with Crippen LogP contribution in [0.5, 0.6) is 0 Å². The van der Waals surface area contributed by atoms with Gasteiger partial charge in [-0.2, -0.15) is 0 Å². The zero-order valence-corrected chi connectivity index (χ0v) is 11.7. The van der Waals surface area contributed by atoms with Gasteiger partial charge in [-0.05, 0) is 38.7 Å². The Labute approximate surface area is 109 Å². The highest BCUT2D eigenvalue weighted by molar-refractivity contribution is 5.30. The number of aryl methyl sites for hydroxylation is 1. The lowest BCUT2D eigenvalue weighted by Crippen LogP contribution is -2.31. The monoisotopic (exact) mass is 249 g/mol. The van der Waals surface area contributed by atoms with E-state index in [1.807, 2.05) is 13.0 Å². The number of nitrogens with one attached hydrogen (secondary N) is 1. The Kier molecular flexibility index (Phi) is 4.17. The molecule has 0 radical (unpaired) electrons. The maximum absolute atomic E-state index is 5.68. The fourth-order valence-corrected chi connectivity index (χ4v) is 2.25. The maximum Gasteiger partial charge on any atom is 0.223 e. The van der Waals surface area contributed by atoms with Crippen LogP contribution in [-0.2, 0) is 4.74 Å². The first-order valence-electron chi connectivity index (χ1n) is 6.80. The van der Waals surface area contributed by atoms with Gasteiger partial charge in [-0.1, -0.05) is 13.8 Å². The number of rotatable bonds is 4. The number of nitrogens with zero attached hydrogens (tertiary/aromatic N) is 2. The van der Waals surface area contributed by atoms with Crippen molar-refractivity contribution < 1.29 is 4.74 Å². The third kappa shape index (κ3) is 3.19. The topological polar surface area (TPSA) is 47.0 Å². The molecule has 2 rings (SSSR count). The van der Waals surface area contributed by atoms with Crippen LogP contribution in [0.4, 0.5) is 5.95 Å². The molecule has 1 aliphatic heterocycles. The Balaban J connectivity index is 2.08. The van der Waals surface area contributed by atoms with Crippen molar-refractivity contribution in [3.05, 3.63) is 17.5 Å². The molecule has 100 valence electrons. The molecule has 2 unspecified atom stereocenters. The predicted molar refractivity (Wildman–Crippen MR) is 72.9 cm³/mol. The Hall–Kier alpha value is -1.16. The number of anilines is 1. The van der Waals surface area contributed by atoms with Crippen LogP contribution in [0.15, 0.2) is 6.07 Å². The summed E-state index contributed by atoms with van der Waals surface area (Å²) in [6, 6.07) is 2.31. The molecule has 2 atom stereocenters. The third-order valence-corrected chi connectivity index (χ3v) is 3.34. The van der Waals surface area contributed by atoms with Gasteiger partial charge in [0.2, 0.25) is 5.95 Å². The third-order valence-electron chi connectivity index (χ3n) is 3.34. The van der Waals surface area contributed by atoms with Crippen LogP contribution in [0.1, 0.15) is 50.9 Å². The summed E-state index contributed by atoms with van der Waals surface area (Å²) in [7, 11) is 0. The molecular weight excluding hydrogens is 226 g/mol. The van der Waals surface area contributed by atoms with Gasteiger partial charge in [0.25, 0.3) is 0 Å². The van der Waals surface area contributed by atoms with Gasteiger partial charge < -0.3 is 10.1 Å². The van der Waals surface area contributed by atoms with E-state index in [9.17, 15) is 0 Å².